The van der Waals surface area contributed by atoms with Gasteiger partial charge < -0.3 is 9.80 Å². The number of nitrogens with zero attached hydrogens (tertiary/aromatic N) is 2. The van der Waals surface area contributed by atoms with Crippen LogP contribution in [0.2, 0.25) is 0 Å². The second-order valence-corrected chi connectivity index (χ2v) is 3.23. The molecule has 0 aliphatic carbocycles. The molecular formula is C7H15BrN2. The van der Waals surface area contributed by atoms with Gasteiger partial charge in [-0.3, -0.25) is 0 Å². The highest BCUT2D eigenvalue weighted by Gasteiger charge is 1.93. The van der Waals surface area contributed by atoms with Crippen LogP contribution in [0.5, 0.6) is 0 Å². The SMILES string of the molecule is CCN(C)/C=C(/Br)N(C)C. The Morgan fingerprint density at radius 1 is 1.40 bits per heavy atom. The second-order valence-electron chi connectivity index (χ2n) is 2.42. The zero-order chi connectivity index (χ0) is 8.15. The first-order valence-electron chi connectivity index (χ1n) is 3.32. The first kappa shape index (κ1) is 9.82. The van der Waals surface area contributed by atoms with Crippen LogP contribution >= 0.6 is 15.9 Å². The van der Waals surface area contributed by atoms with Crippen molar-refractivity contribution in [2.24, 2.45) is 0 Å². The molecule has 0 aromatic carbocycles. The lowest BCUT2D eigenvalue weighted by Gasteiger charge is -2.15. The number of rotatable bonds is 3. The van der Waals surface area contributed by atoms with Crippen molar-refractivity contribution in [1.29, 1.82) is 0 Å². The molecule has 0 atom stereocenters. The molecule has 2 nitrogen and oxygen atoms in total. The molecule has 0 N–H and O–H groups in total. The third-order valence-corrected chi connectivity index (χ3v) is 2.17. The van der Waals surface area contributed by atoms with Crippen LogP contribution < -0.4 is 0 Å². The van der Waals surface area contributed by atoms with E-state index in [1.807, 2.05) is 26.0 Å². The van der Waals surface area contributed by atoms with Crippen LogP contribution in [-0.4, -0.2) is 37.5 Å². The quantitative estimate of drug-likeness (QED) is 0.650. The summed E-state index contributed by atoms with van der Waals surface area (Å²) in [5.41, 5.74) is 0. The van der Waals surface area contributed by atoms with Crippen molar-refractivity contribution in [1.82, 2.24) is 9.80 Å². The molecule has 0 rings (SSSR count). The molecule has 0 fully saturated rings. The van der Waals surface area contributed by atoms with Gasteiger partial charge in [0.1, 0.15) is 0 Å². The number of hydrogen-bond donors (Lipinski definition) is 0. The van der Waals surface area contributed by atoms with Gasteiger partial charge in [0.25, 0.3) is 0 Å². The Kier molecular flexibility index (Phi) is 4.52. The minimum Gasteiger partial charge on any atom is -0.379 e. The molecule has 0 unspecified atom stereocenters. The highest BCUT2D eigenvalue weighted by Crippen LogP contribution is 2.07. The molecule has 0 spiro atoms. The predicted molar refractivity (Wildman–Crippen MR) is 49.0 cm³/mol. The Balaban J connectivity index is 3.89. The van der Waals surface area contributed by atoms with Gasteiger partial charge in [-0.1, -0.05) is 0 Å². The average Bonchev–Trinajstić information content (AvgIpc) is 1.87. The van der Waals surface area contributed by atoms with Crippen molar-refractivity contribution >= 4 is 15.9 Å². The van der Waals surface area contributed by atoms with Gasteiger partial charge in [0.15, 0.2) is 0 Å². The lowest BCUT2D eigenvalue weighted by molar-refractivity contribution is 0.458. The van der Waals surface area contributed by atoms with Crippen LogP contribution in [0.3, 0.4) is 0 Å². The molecule has 10 heavy (non-hydrogen) atoms. The van der Waals surface area contributed by atoms with Crippen LogP contribution in [0.1, 0.15) is 6.92 Å². The third-order valence-electron chi connectivity index (χ3n) is 1.25. The number of hydrogen-bond acceptors (Lipinski definition) is 2. The standard InChI is InChI=1S/C7H15BrN2/c1-5-10(4)6-7(8)9(2)3/h6H,5H2,1-4H3/b7-6-. The molecule has 0 aliphatic rings. The largest absolute Gasteiger partial charge is 0.379 e. The summed E-state index contributed by atoms with van der Waals surface area (Å²) >= 11 is 3.43. The summed E-state index contributed by atoms with van der Waals surface area (Å²) in [5.74, 6) is 0. The first-order valence-corrected chi connectivity index (χ1v) is 4.12. The van der Waals surface area contributed by atoms with E-state index in [0.717, 1.165) is 11.2 Å². The first-order chi connectivity index (χ1) is 4.57. The zero-order valence-corrected chi connectivity index (χ0v) is 8.64. The highest BCUT2D eigenvalue weighted by atomic mass is 79.9. The van der Waals surface area contributed by atoms with E-state index in [-0.39, 0.29) is 0 Å². The Bertz CT molecular complexity index is 121. The van der Waals surface area contributed by atoms with E-state index in [0.29, 0.717) is 0 Å². The maximum atomic E-state index is 3.43. The van der Waals surface area contributed by atoms with Crippen molar-refractivity contribution in [3.05, 3.63) is 10.8 Å². The van der Waals surface area contributed by atoms with E-state index in [4.69, 9.17) is 0 Å². The molecule has 0 amide bonds. The van der Waals surface area contributed by atoms with Gasteiger partial charge >= 0.3 is 0 Å². The summed E-state index contributed by atoms with van der Waals surface area (Å²) in [5, 5.41) is 0. The zero-order valence-electron chi connectivity index (χ0n) is 7.06. The smallest absolute Gasteiger partial charge is 0.0961 e. The monoisotopic (exact) mass is 206 g/mol. The molecule has 60 valence electrons. The fraction of sp³-hybridized carbons (Fsp3) is 0.714. The van der Waals surface area contributed by atoms with Gasteiger partial charge in [0.2, 0.25) is 0 Å². The van der Waals surface area contributed by atoms with Gasteiger partial charge in [0, 0.05) is 33.9 Å². The molecule has 0 saturated carbocycles. The van der Waals surface area contributed by atoms with Crippen molar-refractivity contribution < 1.29 is 0 Å². The lowest BCUT2D eigenvalue weighted by Crippen LogP contribution is -2.14. The molecule has 3 heteroatoms. The second kappa shape index (κ2) is 4.61. The molecule has 0 saturated heterocycles. The summed E-state index contributed by atoms with van der Waals surface area (Å²) < 4.78 is 1.09. The lowest BCUT2D eigenvalue weighted by atomic mass is 10.6. The summed E-state index contributed by atoms with van der Waals surface area (Å²) in [4.78, 5) is 4.14. The highest BCUT2D eigenvalue weighted by molar-refractivity contribution is 9.11. The minimum absolute atomic E-state index is 1.03. The molecule has 0 radical (unpaired) electrons. The predicted octanol–water partition coefficient (Wildman–Crippen LogP) is 1.69. The fourth-order valence-corrected chi connectivity index (χ4v) is 0.738. The van der Waals surface area contributed by atoms with E-state index in [2.05, 4.69) is 34.0 Å². The molecule has 0 aliphatic heterocycles. The van der Waals surface area contributed by atoms with Crippen LogP contribution in [0.25, 0.3) is 0 Å². The minimum atomic E-state index is 1.03. The van der Waals surface area contributed by atoms with Crippen LogP contribution in [0, 0.1) is 0 Å². The Labute approximate surface area is 71.6 Å². The van der Waals surface area contributed by atoms with Crippen LogP contribution in [0.4, 0.5) is 0 Å². The molecule has 0 heterocycles. The molecule has 0 aromatic heterocycles. The van der Waals surface area contributed by atoms with Gasteiger partial charge in [-0.25, -0.2) is 0 Å². The summed E-state index contributed by atoms with van der Waals surface area (Å²) in [6.07, 6.45) is 2.06. The van der Waals surface area contributed by atoms with Gasteiger partial charge in [-0.15, -0.1) is 0 Å². The topological polar surface area (TPSA) is 6.48 Å². The maximum absolute atomic E-state index is 3.43. The molecule has 0 aromatic rings. The van der Waals surface area contributed by atoms with Crippen molar-refractivity contribution in [3.8, 4) is 0 Å². The van der Waals surface area contributed by atoms with E-state index >= 15 is 0 Å². The van der Waals surface area contributed by atoms with E-state index in [1.54, 1.807) is 0 Å². The average molecular weight is 207 g/mol. The summed E-state index contributed by atoms with van der Waals surface area (Å²) in [6.45, 7) is 3.15. The van der Waals surface area contributed by atoms with E-state index in [1.165, 1.54) is 0 Å². The third kappa shape index (κ3) is 3.77. The Morgan fingerprint density at radius 2 is 1.90 bits per heavy atom. The van der Waals surface area contributed by atoms with E-state index in [9.17, 15) is 0 Å². The van der Waals surface area contributed by atoms with Crippen LogP contribution in [0.15, 0.2) is 10.8 Å². The van der Waals surface area contributed by atoms with Crippen LogP contribution in [-0.2, 0) is 0 Å². The Hall–Kier alpha value is -0.180. The normalized spacial score (nSPS) is 11.5. The summed E-state index contributed by atoms with van der Waals surface area (Å²) in [7, 11) is 6.05. The maximum Gasteiger partial charge on any atom is 0.0961 e. The van der Waals surface area contributed by atoms with Gasteiger partial charge in [0.05, 0.1) is 4.61 Å². The van der Waals surface area contributed by atoms with Gasteiger partial charge in [-0.05, 0) is 22.9 Å². The van der Waals surface area contributed by atoms with Crippen molar-refractivity contribution in [3.63, 3.8) is 0 Å². The van der Waals surface area contributed by atoms with Crippen molar-refractivity contribution in [2.45, 2.75) is 6.92 Å². The Morgan fingerprint density at radius 3 is 2.20 bits per heavy atom. The number of halogens is 1. The van der Waals surface area contributed by atoms with Gasteiger partial charge in [-0.2, -0.15) is 0 Å². The van der Waals surface area contributed by atoms with E-state index < -0.39 is 0 Å². The molecule has 0 bridgehead atoms. The van der Waals surface area contributed by atoms with Crippen molar-refractivity contribution in [2.75, 3.05) is 27.7 Å². The summed E-state index contributed by atoms with van der Waals surface area (Å²) in [6, 6.07) is 0. The fourth-order valence-electron chi connectivity index (χ4n) is 0.389. The molecular weight excluding hydrogens is 192 g/mol.